The molecule has 1 amide bonds. The van der Waals surface area contributed by atoms with Crippen molar-refractivity contribution < 1.29 is 23.1 Å². The zero-order valence-corrected chi connectivity index (χ0v) is 16.8. The molecule has 0 aliphatic heterocycles. The summed E-state index contributed by atoms with van der Waals surface area (Å²) in [6, 6.07) is 5.56. The molecule has 0 aliphatic carbocycles. The number of hydrogen-bond donors (Lipinski definition) is 2. The van der Waals surface area contributed by atoms with Gasteiger partial charge in [-0.3, -0.25) is 9.59 Å². The molecule has 0 aromatic heterocycles. The van der Waals surface area contributed by atoms with Crippen LogP contribution in [-0.2, 0) is 14.8 Å². The lowest BCUT2D eigenvalue weighted by molar-refractivity contribution is -0.138. The number of aliphatic carboxylic acids is 1. The molecule has 7 nitrogen and oxygen atoms in total. The van der Waals surface area contributed by atoms with Crippen LogP contribution >= 0.6 is 0 Å². The molecule has 0 unspecified atom stereocenters. The minimum absolute atomic E-state index is 0.0261. The van der Waals surface area contributed by atoms with Crippen LogP contribution in [0.5, 0.6) is 0 Å². The van der Waals surface area contributed by atoms with Gasteiger partial charge in [0.05, 0.1) is 16.9 Å². The van der Waals surface area contributed by atoms with E-state index in [1.54, 1.807) is 13.8 Å². The van der Waals surface area contributed by atoms with Gasteiger partial charge in [-0.1, -0.05) is 19.9 Å². The van der Waals surface area contributed by atoms with Crippen molar-refractivity contribution in [1.29, 1.82) is 0 Å². The third-order valence-corrected chi connectivity index (χ3v) is 6.75. The van der Waals surface area contributed by atoms with Crippen LogP contribution in [0.3, 0.4) is 0 Å². The maximum Gasteiger partial charge on any atom is 0.305 e. The number of rotatable bonds is 9. The number of carboxylic acids is 1. The van der Waals surface area contributed by atoms with Gasteiger partial charge in [-0.25, -0.2) is 8.42 Å². The minimum Gasteiger partial charge on any atom is -0.481 e. The Hall–Kier alpha value is -1.93. The van der Waals surface area contributed by atoms with Crippen LogP contribution in [0.1, 0.15) is 57.3 Å². The van der Waals surface area contributed by atoms with Gasteiger partial charge >= 0.3 is 5.97 Å². The second-order valence-corrected chi connectivity index (χ2v) is 8.65. The van der Waals surface area contributed by atoms with Crippen LogP contribution in [0.15, 0.2) is 29.2 Å². The average Bonchev–Trinajstić information content (AvgIpc) is 2.59. The maximum absolute atomic E-state index is 12.6. The summed E-state index contributed by atoms with van der Waals surface area (Å²) in [6.07, 6.45) is 0.713. The van der Waals surface area contributed by atoms with Gasteiger partial charge in [0.1, 0.15) is 0 Å². The number of benzene rings is 1. The summed E-state index contributed by atoms with van der Waals surface area (Å²) in [5.74, 6) is -1.48. The van der Waals surface area contributed by atoms with Crippen LogP contribution in [0, 0.1) is 0 Å². The topological polar surface area (TPSA) is 104 Å². The molecule has 0 spiro atoms. The fourth-order valence-electron chi connectivity index (χ4n) is 2.57. The Kier molecular flexibility index (Phi) is 7.35. The molecule has 146 valence electrons. The van der Waals surface area contributed by atoms with E-state index in [2.05, 4.69) is 5.32 Å². The number of sulfonamides is 1. The van der Waals surface area contributed by atoms with Crippen LogP contribution in [0.4, 0.5) is 0 Å². The van der Waals surface area contributed by atoms with Gasteiger partial charge in [0.15, 0.2) is 0 Å². The number of carbonyl (C=O) groups is 2. The predicted molar refractivity (Wildman–Crippen MR) is 99.6 cm³/mol. The largest absolute Gasteiger partial charge is 0.481 e. The summed E-state index contributed by atoms with van der Waals surface area (Å²) in [6.45, 7) is 7.14. The van der Waals surface area contributed by atoms with Crippen LogP contribution in [0.25, 0.3) is 0 Å². The molecular weight excluding hydrogens is 356 g/mol. The summed E-state index contributed by atoms with van der Waals surface area (Å²) in [4.78, 5) is 23.8. The van der Waals surface area contributed by atoms with Crippen molar-refractivity contribution >= 4 is 21.9 Å². The molecule has 1 rings (SSSR count). The highest BCUT2D eigenvalue weighted by atomic mass is 32.2. The molecular formula is C18H28N2O5S. The van der Waals surface area contributed by atoms with Crippen LogP contribution in [0.2, 0.25) is 0 Å². The molecule has 0 fully saturated rings. The minimum atomic E-state index is -3.71. The Balaban J connectivity index is 3.18. The van der Waals surface area contributed by atoms with E-state index >= 15 is 0 Å². The molecule has 0 bridgehead atoms. The molecule has 1 aromatic rings. The van der Waals surface area contributed by atoms with Gasteiger partial charge in [0.2, 0.25) is 10.0 Å². The summed E-state index contributed by atoms with van der Waals surface area (Å²) in [7, 11) is -2.22. The first-order chi connectivity index (χ1) is 12.0. The zero-order valence-electron chi connectivity index (χ0n) is 15.9. The lowest BCUT2D eigenvalue weighted by atomic mass is 9.88. The predicted octanol–water partition coefficient (Wildman–Crippen LogP) is 2.48. The van der Waals surface area contributed by atoms with E-state index in [1.165, 1.54) is 35.6 Å². The number of amides is 1. The number of carbonyl (C=O) groups excluding carboxylic acids is 1. The number of carboxylic acid groups (broad SMARTS) is 1. The standard InChI is InChI=1S/C18H28N2O5S/c1-6-18(7-2,12-16(21)22)19-17(23)14-9-8-10-15(11-14)26(24,25)20(5)13(3)4/h8-11,13H,6-7,12H2,1-5H3,(H,19,23)(H,21,22). The van der Waals surface area contributed by atoms with Crippen molar-refractivity contribution in [3.8, 4) is 0 Å². The fourth-order valence-corrected chi connectivity index (χ4v) is 3.98. The highest BCUT2D eigenvalue weighted by Gasteiger charge is 2.32. The molecule has 0 radical (unpaired) electrons. The third kappa shape index (κ3) is 5.04. The SMILES string of the molecule is CCC(CC)(CC(=O)O)NC(=O)c1cccc(S(=O)(=O)N(C)C(C)C)c1. The third-order valence-electron chi connectivity index (χ3n) is 4.72. The Bertz CT molecular complexity index is 755. The smallest absolute Gasteiger partial charge is 0.305 e. The lowest BCUT2D eigenvalue weighted by Crippen LogP contribution is -2.49. The summed E-state index contributed by atoms with van der Waals surface area (Å²) in [5.41, 5.74) is -0.688. The van der Waals surface area contributed by atoms with Crippen molar-refractivity contribution in [3.05, 3.63) is 29.8 Å². The average molecular weight is 384 g/mol. The van der Waals surface area contributed by atoms with E-state index in [1.807, 2.05) is 13.8 Å². The summed E-state index contributed by atoms with van der Waals surface area (Å²) >= 11 is 0. The molecule has 0 heterocycles. The molecule has 0 saturated heterocycles. The summed E-state index contributed by atoms with van der Waals surface area (Å²) < 4.78 is 26.4. The van der Waals surface area contributed by atoms with Gasteiger partial charge < -0.3 is 10.4 Å². The Morgan fingerprint density at radius 1 is 1.23 bits per heavy atom. The van der Waals surface area contributed by atoms with Crippen molar-refractivity contribution in [2.45, 2.75) is 63.4 Å². The van der Waals surface area contributed by atoms with Crippen molar-refractivity contribution in [3.63, 3.8) is 0 Å². The molecule has 0 aliphatic rings. The first kappa shape index (κ1) is 22.1. The van der Waals surface area contributed by atoms with E-state index in [-0.39, 0.29) is 22.9 Å². The Morgan fingerprint density at radius 3 is 2.27 bits per heavy atom. The zero-order chi connectivity index (χ0) is 20.1. The fraction of sp³-hybridized carbons (Fsp3) is 0.556. The quantitative estimate of drug-likeness (QED) is 0.681. The molecule has 0 saturated carbocycles. The highest BCUT2D eigenvalue weighted by molar-refractivity contribution is 7.89. The first-order valence-corrected chi connectivity index (χ1v) is 10.1. The second-order valence-electron chi connectivity index (χ2n) is 6.65. The van der Waals surface area contributed by atoms with Gasteiger partial charge in [-0.2, -0.15) is 4.31 Å². The normalized spacial score (nSPS) is 12.4. The molecule has 26 heavy (non-hydrogen) atoms. The van der Waals surface area contributed by atoms with Gasteiger partial charge in [0, 0.05) is 18.7 Å². The molecule has 2 N–H and O–H groups in total. The van der Waals surface area contributed by atoms with Crippen molar-refractivity contribution in [1.82, 2.24) is 9.62 Å². The van der Waals surface area contributed by atoms with Gasteiger partial charge in [-0.15, -0.1) is 0 Å². The first-order valence-electron chi connectivity index (χ1n) is 8.61. The molecule has 8 heteroatoms. The Labute approximate surface area is 155 Å². The van der Waals surface area contributed by atoms with E-state index < -0.39 is 27.4 Å². The van der Waals surface area contributed by atoms with E-state index in [0.29, 0.717) is 12.8 Å². The van der Waals surface area contributed by atoms with Gasteiger partial charge in [-0.05, 0) is 44.9 Å². The van der Waals surface area contributed by atoms with E-state index in [4.69, 9.17) is 5.11 Å². The van der Waals surface area contributed by atoms with Crippen molar-refractivity contribution in [2.75, 3.05) is 7.05 Å². The van der Waals surface area contributed by atoms with E-state index in [9.17, 15) is 18.0 Å². The van der Waals surface area contributed by atoms with E-state index in [0.717, 1.165) is 0 Å². The second kappa shape index (κ2) is 8.64. The Morgan fingerprint density at radius 2 is 1.81 bits per heavy atom. The van der Waals surface area contributed by atoms with Gasteiger partial charge in [0.25, 0.3) is 5.91 Å². The van der Waals surface area contributed by atoms with Crippen LogP contribution in [-0.4, -0.2) is 48.3 Å². The lowest BCUT2D eigenvalue weighted by Gasteiger charge is -2.31. The number of hydrogen-bond acceptors (Lipinski definition) is 4. The number of nitrogens with zero attached hydrogens (tertiary/aromatic N) is 1. The van der Waals surface area contributed by atoms with Crippen molar-refractivity contribution in [2.24, 2.45) is 0 Å². The van der Waals surface area contributed by atoms with Crippen LogP contribution < -0.4 is 5.32 Å². The highest BCUT2D eigenvalue weighted by Crippen LogP contribution is 2.22. The molecule has 1 aromatic carbocycles. The summed E-state index contributed by atoms with van der Waals surface area (Å²) in [5, 5.41) is 11.9. The monoisotopic (exact) mass is 384 g/mol. The maximum atomic E-state index is 12.6. The molecule has 0 atom stereocenters. The number of nitrogens with one attached hydrogen (secondary N) is 1.